The van der Waals surface area contributed by atoms with Gasteiger partial charge in [-0.2, -0.15) is 0 Å². The van der Waals surface area contributed by atoms with E-state index in [-0.39, 0.29) is 5.91 Å². The number of nitrogens with two attached hydrogens (primary N) is 1. The first-order valence-electron chi connectivity index (χ1n) is 6.59. The first kappa shape index (κ1) is 13.2. The van der Waals surface area contributed by atoms with Crippen molar-refractivity contribution in [2.45, 2.75) is 13.8 Å². The van der Waals surface area contributed by atoms with Crippen LogP contribution in [0.3, 0.4) is 0 Å². The molecule has 0 bridgehead atoms. The van der Waals surface area contributed by atoms with Crippen LogP contribution in [0, 0.1) is 13.8 Å². The molecule has 0 amide bonds. The predicted octanol–water partition coefficient (Wildman–Crippen LogP) is 2.22. The van der Waals surface area contributed by atoms with Crippen molar-refractivity contribution >= 4 is 22.6 Å². The van der Waals surface area contributed by atoms with Crippen LogP contribution in [0.5, 0.6) is 0 Å². The number of H-pyrrole nitrogens is 1. The van der Waals surface area contributed by atoms with Crippen molar-refractivity contribution < 1.29 is 4.79 Å². The number of benzene rings is 2. The summed E-state index contributed by atoms with van der Waals surface area (Å²) in [5.74, 6) is -0.348. The maximum atomic E-state index is 12.6. The van der Waals surface area contributed by atoms with Gasteiger partial charge in [-0.15, -0.1) is 0 Å². The smallest absolute Gasteiger partial charge is 0.333 e. The molecule has 0 aliphatic carbocycles. The molecule has 5 nitrogen and oxygen atoms in total. The van der Waals surface area contributed by atoms with Gasteiger partial charge in [-0.05, 0) is 43.7 Å². The molecule has 3 rings (SSSR count). The number of aryl methyl sites for hydroxylation is 2. The highest BCUT2D eigenvalue weighted by Gasteiger charge is 2.16. The maximum absolute atomic E-state index is 12.6. The second kappa shape index (κ2) is 4.63. The minimum absolute atomic E-state index is 0.348. The Hall–Kier alpha value is -2.82. The Morgan fingerprint density at radius 1 is 1.19 bits per heavy atom. The van der Waals surface area contributed by atoms with Gasteiger partial charge in [0.15, 0.2) is 0 Å². The molecule has 0 radical (unpaired) electrons. The van der Waals surface area contributed by atoms with Gasteiger partial charge >= 0.3 is 5.69 Å². The van der Waals surface area contributed by atoms with E-state index in [0.29, 0.717) is 22.3 Å². The molecule has 1 heterocycles. The molecule has 0 atom stereocenters. The van der Waals surface area contributed by atoms with Crippen molar-refractivity contribution in [3.8, 4) is 0 Å². The quantitative estimate of drug-likeness (QED) is 0.671. The van der Waals surface area contributed by atoms with Gasteiger partial charge in [0, 0.05) is 11.3 Å². The molecule has 0 spiro atoms. The Kier molecular flexibility index (Phi) is 2.90. The van der Waals surface area contributed by atoms with Gasteiger partial charge in [0.1, 0.15) is 0 Å². The van der Waals surface area contributed by atoms with Crippen molar-refractivity contribution in [3.63, 3.8) is 0 Å². The number of aromatic nitrogens is 2. The first-order chi connectivity index (χ1) is 9.97. The number of hydrogen-bond acceptors (Lipinski definition) is 3. The molecule has 5 heteroatoms. The first-order valence-corrected chi connectivity index (χ1v) is 6.59. The Bertz CT molecular complexity index is 919. The van der Waals surface area contributed by atoms with Crippen molar-refractivity contribution in [1.82, 2.24) is 9.55 Å². The van der Waals surface area contributed by atoms with E-state index < -0.39 is 5.69 Å². The average Bonchev–Trinajstić information content (AvgIpc) is 2.74. The lowest BCUT2D eigenvalue weighted by atomic mass is 10.1. The molecule has 3 aromatic rings. The van der Waals surface area contributed by atoms with Crippen LogP contribution in [0.15, 0.2) is 41.2 Å². The molecule has 0 fully saturated rings. The summed E-state index contributed by atoms with van der Waals surface area (Å²) < 4.78 is 1.15. The number of imidazole rings is 1. The lowest BCUT2D eigenvalue weighted by molar-refractivity contribution is 0.0961. The number of nitrogens with zero attached hydrogens (tertiary/aromatic N) is 1. The SMILES string of the molecule is Cc1cccc(C(=O)n2c(=O)[nH]c3cc(N)c(C)cc32)c1. The summed E-state index contributed by atoms with van der Waals surface area (Å²) in [6.07, 6.45) is 0. The number of anilines is 1. The highest BCUT2D eigenvalue weighted by molar-refractivity contribution is 6.01. The standard InChI is InChI=1S/C16H15N3O2/c1-9-4-3-5-11(6-9)15(20)19-14-7-10(2)12(17)8-13(14)18-16(19)21/h3-8H,17H2,1-2H3,(H,18,21). The van der Waals surface area contributed by atoms with Crippen LogP contribution in [0.1, 0.15) is 21.5 Å². The maximum Gasteiger partial charge on any atom is 0.333 e. The van der Waals surface area contributed by atoms with Gasteiger partial charge in [-0.25, -0.2) is 9.36 Å². The molecule has 106 valence electrons. The van der Waals surface area contributed by atoms with Crippen molar-refractivity contribution in [2.24, 2.45) is 0 Å². The molecular formula is C16H15N3O2. The average molecular weight is 281 g/mol. The minimum atomic E-state index is -0.457. The molecule has 0 saturated heterocycles. The van der Waals surface area contributed by atoms with E-state index in [4.69, 9.17) is 5.73 Å². The third-order valence-electron chi connectivity index (χ3n) is 3.54. The van der Waals surface area contributed by atoms with Gasteiger partial charge in [0.25, 0.3) is 5.91 Å². The van der Waals surface area contributed by atoms with Gasteiger partial charge in [-0.3, -0.25) is 4.79 Å². The minimum Gasteiger partial charge on any atom is -0.398 e. The molecule has 3 N–H and O–H groups in total. The van der Waals surface area contributed by atoms with Crippen LogP contribution < -0.4 is 11.4 Å². The fourth-order valence-corrected chi connectivity index (χ4v) is 2.38. The number of nitrogen functional groups attached to an aromatic ring is 1. The van der Waals surface area contributed by atoms with E-state index in [9.17, 15) is 9.59 Å². The lowest BCUT2D eigenvalue weighted by Crippen LogP contribution is -2.24. The molecule has 21 heavy (non-hydrogen) atoms. The monoisotopic (exact) mass is 281 g/mol. The molecule has 0 unspecified atom stereocenters. The third-order valence-corrected chi connectivity index (χ3v) is 3.54. The van der Waals surface area contributed by atoms with E-state index in [2.05, 4.69) is 4.98 Å². The van der Waals surface area contributed by atoms with Gasteiger partial charge in [-0.1, -0.05) is 17.7 Å². The second-order valence-corrected chi connectivity index (χ2v) is 5.17. The summed E-state index contributed by atoms with van der Waals surface area (Å²) in [6, 6.07) is 10.6. The Labute approximate surface area is 121 Å². The van der Waals surface area contributed by atoms with E-state index >= 15 is 0 Å². The van der Waals surface area contributed by atoms with Gasteiger partial charge in [0.2, 0.25) is 0 Å². The Morgan fingerprint density at radius 2 is 1.95 bits per heavy atom. The van der Waals surface area contributed by atoms with Crippen molar-refractivity contribution in [3.05, 3.63) is 63.6 Å². The lowest BCUT2D eigenvalue weighted by Gasteiger charge is -2.05. The zero-order valence-electron chi connectivity index (χ0n) is 11.8. The summed E-state index contributed by atoms with van der Waals surface area (Å²) in [6.45, 7) is 3.74. The van der Waals surface area contributed by atoms with Crippen molar-refractivity contribution in [2.75, 3.05) is 5.73 Å². The van der Waals surface area contributed by atoms with Crippen LogP contribution >= 0.6 is 0 Å². The van der Waals surface area contributed by atoms with E-state index in [1.807, 2.05) is 19.9 Å². The Morgan fingerprint density at radius 3 is 2.67 bits per heavy atom. The summed E-state index contributed by atoms with van der Waals surface area (Å²) >= 11 is 0. The molecule has 2 aromatic carbocycles. The predicted molar refractivity (Wildman–Crippen MR) is 82.6 cm³/mol. The summed E-state index contributed by atoms with van der Waals surface area (Å²) in [4.78, 5) is 27.4. The van der Waals surface area contributed by atoms with Crippen LogP contribution in [0.2, 0.25) is 0 Å². The topological polar surface area (TPSA) is 80.9 Å². The van der Waals surface area contributed by atoms with E-state index in [0.717, 1.165) is 15.7 Å². The van der Waals surface area contributed by atoms with Crippen LogP contribution in [0.25, 0.3) is 11.0 Å². The molecule has 0 aliphatic heterocycles. The van der Waals surface area contributed by atoms with Crippen LogP contribution in [0.4, 0.5) is 5.69 Å². The van der Waals surface area contributed by atoms with E-state index in [1.54, 1.807) is 30.3 Å². The molecule has 0 aliphatic rings. The summed E-state index contributed by atoms with van der Waals surface area (Å²) in [7, 11) is 0. The molecule has 0 saturated carbocycles. The molecule has 1 aromatic heterocycles. The summed E-state index contributed by atoms with van der Waals surface area (Å²) in [5, 5.41) is 0. The number of carbonyl (C=O) groups excluding carboxylic acids is 1. The number of nitrogens with one attached hydrogen (secondary N) is 1. The normalized spacial score (nSPS) is 11.0. The number of hydrogen-bond donors (Lipinski definition) is 2. The fourth-order valence-electron chi connectivity index (χ4n) is 2.38. The van der Waals surface area contributed by atoms with Crippen molar-refractivity contribution in [1.29, 1.82) is 0 Å². The highest BCUT2D eigenvalue weighted by Crippen LogP contribution is 2.19. The second-order valence-electron chi connectivity index (χ2n) is 5.17. The Balaban J connectivity index is 2.25. The molecular weight excluding hydrogens is 266 g/mol. The number of rotatable bonds is 1. The van der Waals surface area contributed by atoms with Crippen LogP contribution in [-0.4, -0.2) is 15.5 Å². The number of carbonyl (C=O) groups is 1. The van der Waals surface area contributed by atoms with Gasteiger partial charge in [0.05, 0.1) is 11.0 Å². The largest absolute Gasteiger partial charge is 0.398 e. The zero-order valence-corrected chi connectivity index (χ0v) is 11.8. The van der Waals surface area contributed by atoms with E-state index in [1.165, 1.54) is 0 Å². The fraction of sp³-hybridized carbons (Fsp3) is 0.125. The summed E-state index contributed by atoms with van der Waals surface area (Å²) in [5.41, 5.74) is 9.33. The van der Waals surface area contributed by atoms with Crippen LogP contribution in [-0.2, 0) is 0 Å². The zero-order chi connectivity index (χ0) is 15.1. The highest BCUT2D eigenvalue weighted by atomic mass is 16.2. The third kappa shape index (κ3) is 2.12. The number of fused-ring (bicyclic) bond motifs is 1. The number of aromatic amines is 1. The van der Waals surface area contributed by atoms with Gasteiger partial charge < -0.3 is 10.7 Å².